The number of ether oxygens (including phenoxy) is 1. The normalized spacial score (nSPS) is 28.7. The minimum Gasteiger partial charge on any atom is -0.460 e. The maximum absolute atomic E-state index is 14.8. The van der Waals surface area contributed by atoms with Crippen molar-refractivity contribution in [1.29, 1.82) is 0 Å². The molecule has 0 aromatic heterocycles. The van der Waals surface area contributed by atoms with Crippen molar-refractivity contribution in [2.45, 2.75) is 192 Å². The molecule has 1 amide bonds. The molecular formula is C38H66N2O6SSi. The molecule has 4 aliphatic carbocycles. The van der Waals surface area contributed by atoms with E-state index in [0.29, 0.717) is 35.9 Å². The van der Waals surface area contributed by atoms with Crippen molar-refractivity contribution in [3.8, 4) is 11.5 Å². The third-order valence-corrected chi connectivity index (χ3v) is 22.1. The van der Waals surface area contributed by atoms with Gasteiger partial charge in [0.25, 0.3) is 0 Å². The summed E-state index contributed by atoms with van der Waals surface area (Å²) in [5.41, 5.74) is 1.48. The van der Waals surface area contributed by atoms with Crippen LogP contribution in [-0.2, 0) is 24.3 Å². The Hall–Kier alpha value is -1.41. The Bertz CT molecular complexity index is 1270. The summed E-state index contributed by atoms with van der Waals surface area (Å²) in [4.78, 5) is 25.9. The number of nitrogens with zero attached hydrogens (tertiary/aromatic N) is 1. The van der Waals surface area contributed by atoms with Gasteiger partial charge in [0.2, 0.25) is 16.4 Å². The molecule has 0 unspecified atom stereocenters. The molecule has 4 rings (SSSR count). The van der Waals surface area contributed by atoms with E-state index in [9.17, 15) is 23.1 Å². The van der Waals surface area contributed by atoms with Gasteiger partial charge in [-0.1, -0.05) is 99.8 Å². The standard InChI is InChI=1S/C38H66N2O6SSi/c1-27(2)48(28(3)4,29(5)6)23-22-37(9,43)34(39-26-41)35(42)46-33-24-30-20-21-38(33,36(30,7)8)25-47(44,45)40(31-16-12-10-13-17-31)32-18-14-11-15-19-32/h26-34,43H,10-21,24-25H2,1-9H3,(H,39,41)/t30-,33-,34-,37-,38-/m1/s1. The maximum Gasteiger partial charge on any atom is 0.333 e. The number of fused-ring (bicyclic) bond motifs is 2. The molecule has 4 saturated carbocycles. The van der Waals surface area contributed by atoms with E-state index in [1.165, 1.54) is 6.92 Å². The molecule has 0 aromatic rings. The first kappa shape index (κ1) is 39.4. The summed E-state index contributed by atoms with van der Waals surface area (Å²) in [6.45, 7) is 18.8. The SMILES string of the molecule is CC(C)[Si](C#C[C@@](C)(O)[C@H](NC=O)C(=O)O[C@@H]1C[C@H]2CC[C@]1(CS(=O)(=O)N(C1CCCCC1)C1CCCCC1)C2(C)C)(C(C)C)C(C)C. The van der Waals surface area contributed by atoms with E-state index in [1.54, 1.807) is 0 Å². The number of hydrogen-bond donors (Lipinski definition) is 2. The summed E-state index contributed by atoms with van der Waals surface area (Å²) in [5.74, 6) is 2.49. The highest BCUT2D eigenvalue weighted by molar-refractivity contribution is 7.89. The van der Waals surface area contributed by atoms with Gasteiger partial charge in [-0.15, -0.1) is 5.54 Å². The maximum atomic E-state index is 14.8. The monoisotopic (exact) mass is 706 g/mol. The van der Waals surface area contributed by atoms with Gasteiger partial charge < -0.3 is 15.2 Å². The van der Waals surface area contributed by atoms with Gasteiger partial charge in [0, 0.05) is 17.5 Å². The Labute approximate surface area is 293 Å². The molecule has 2 bridgehead atoms. The predicted molar refractivity (Wildman–Crippen MR) is 195 cm³/mol. The van der Waals surface area contributed by atoms with Crippen LogP contribution in [0.5, 0.6) is 0 Å². The smallest absolute Gasteiger partial charge is 0.333 e. The third-order valence-electron chi connectivity index (χ3n) is 13.7. The second-order valence-electron chi connectivity index (χ2n) is 17.5. The van der Waals surface area contributed by atoms with Crippen LogP contribution in [0.4, 0.5) is 0 Å². The van der Waals surface area contributed by atoms with E-state index >= 15 is 0 Å². The number of carbonyl (C=O) groups excluding carboxylic acids is 2. The van der Waals surface area contributed by atoms with Gasteiger partial charge in [-0.05, 0) is 79.8 Å². The van der Waals surface area contributed by atoms with E-state index in [1.807, 2.05) is 4.31 Å². The zero-order valence-electron chi connectivity index (χ0n) is 31.4. The van der Waals surface area contributed by atoms with Gasteiger partial charge in [0.15, 0.2) is 11.6 Å². The van der Waals surface area contributed by atoms with Gasteiger partial charge in [-0.3, -0.25) is 4.79 Å². The minimum atomic E-state index is -3.69. The number of amides is 1. The van der Waals surface area contributed by atoms with Gasteiger partial charge in [-0.2, -0.15) is 4.31 Å². The van der Waals surface area contributed by atoms with Crippen LogP contribution in [0.2, 0.25) is 16.6 Å². The van der Waals surface area contributed by atoms with Crippen molar-refractivity contribution in [2.75, 3.05) is 5.75 Å². The topological polar surface area (TPSA) is 113 Å². The van der Waals surface area contributed by atoms with Crippen LogP contribution in [0, 0.1) is 28.2 Å². The zero-order valence-corrected chi connectivity index (χ0v) is 33.3. The van der Waals surface area contributed by atoms with E-state index < -0.39 is 47.2 Å². The number of aliphatic hydroxyl groups is 1. The first-order valence-corrected chi connectivity index (χ1v) is 22.9. The van der Waals surface area contributed by atoms with E-state index in [4.69, 9.17) is 4.74 Å². The van der Waals surface area contributed by atoms with Crippen LogP contribution in [0.25, 0.3) is 0 Å². The van der Waals surface area contributed by atoms with Crippen LogP contribution in [-0.4, -0.2) is 73.9 Å². The fourth-order valence-electron chi connectivity index (χ4n) is 10.8. The van der Waals surface area contributed by atoms with Gasteiger partial charge in [0.05, 0.1) is 5.75 Å². The molecule has 0 aliphatic heterocycles. The number of nitrogens with one attached hydrogen (secondary N) is 1. The molecule has 0 saturated heterocycles. The Morgan fingerprint density at radius 3 is 1.90 bits per heavy atom. The molecule has 4 fully saturated rings. The summed E-state index contributed by atoms with van der Waals surface area (Å²) in [5, 5.41) is 14.3. The molecule has 0 heterocycles. The molecule has 274 valence electrons. The second kappa shape index (κ2) is 15.1. The summed E-state index contributed by atoms with van der Waals surface area (Å²) >= 11 is 0. The van der Waals surface area contributed by atoms with Crippen LogP contribution in [0.3, 0.4) is 0 Å². The van der Waals surface area contributed by atoms with Crippen LogP contribution in [0.15, 0.2) is 0 Å². The molecule has 8 nitrogen and oxygen atoms in total. The van der Waals surface area contributed by atoms with E-state index in [-0.39, 0.29) is 29.2 Å². The number of sulfonamides is 1. The molecule has 4 aliphatic rings. The molecule has 0 spiro atoms. The Balaban J connectivity index is 1.65. The van der Waals surface area contributed by atoms with Crippen molar-refractivity contribution in [3.05, 3.63) is 0 Å². The van der Waals surface area contributed by atoms with Crippen molar-refractivity contribution >= 4 is 30.5 Å². The molecule has 0 radical (unpaired) electrons. The fraction of sp³-hybridized carbons (Fsp3) is 0.895. The van der Waals surface area contributed by atoms with Crippen molar-refractivity contribution in [2.24, 2.45) is 16.7 Å². The van der Waals surface area contributed by atoms with Crippen LogP contribution >= 0.6 is 0 Å². The predicted octanol–water partition coefficient (Wildman–Crippen LogP) is 7.11. The van der Waals surface area contributed by atoms with Crippen molar-refractivity contribution < 1.29 is 27.9 Å². The number of carbonyl (C=O) groups is 2. The lowest BCUT2D eigenvalue weighted by Crippen LogP contribution is -2.57. The highest BCUT2D eigenvalue weighted by Crippen LogP contribution is 2.67. The average molecular weight is 707 g/mol. The Morgan fingerprint density at radius 2 is 1.46 bits per heavy atom. The van der Waals surface area contributed by atoms with Gasteiger partial charge >= 0.3 is 5.97 Å². The summed E-state index contributed by atoms with van der Waals surface area (Å²) in [6, 6.07) is -1.32. The van der Waals surface area contributed by atoms with Crippen molar-refractivity contribution in [1.82, 2.24) is 9.62 Å². The van der Waals surface area contributed by atoms with E-state index in [0.717, 1.165) is 70.6 Å². The highest BCUT2D eigenvalue weighted by Gasteiger charge is 2.67. The second-order valence-corrected chi connectivity index (χ2v) is 24.9. The third kappa shape index (κ3) is 7.32. The molecule has 48 heavy (non-hydrogen) atoms. The zero-order chi connectivity index (χ0) is 35.7. The number of hydrogen-bond acceptors (Lipinski definition) is 6. The lowest BCUT2D eigenvalue weighted by molar-refractivity contribution is -0.164. The first-order valence-electron chi connectivity index (χ1n) is 19.1. The van der Waals surface area contributed by atoms with Gasteiger partial charge in [0.1, 0.15) is 14.2 Å². The summed E-state index contributed by atoms with van der Waals surface area (Å²) < 4.78 is 37.9. The van der Waals surface area contributed by atoms with Gasteiger partial charge in [-0.25, -0.2) is 13.2 Å². The minimum absolute atomic E-state index is 0.0400. The molecule has 0 aromatic carbocycles. The van der Waals surface area contributed by atoms with Crippen LogP contribution in [0.1, 0.15) is 146 Å². The molecular weight excluding hydrogens is 641 g/mol. The lowest BCUT2D eigenvalue weighted by Gasteiger charge is -2.46. The van der Waals surface area contributed by atoms with Crippen LogP contribution < -0.4 is 5.32 Å². The fourth-order valence-corrected chi connectivity index (χ4v) is 19.0. The summed E-state index contributed by atoms with van der Waals surface area (Å²) in [7, 11) is -5.94. The number of rotatable bonds is 13. The highest BCUT2D eigenvalue weighted by atomic mass is 32.2. The van der Waals surface area contributed by atoms with E-state index in [2.05, 4.69) is 72.2 Å². The Kier molecular flexibility index (Phi) is 12.3. The molecule has 10 heteroatoms. The lowest BCUT2D eigenvalue weighted by atomic mass is 9.69. The number of esters is 1. The summed E-state index contributed by atoms with van der Waals surface area (Å²) in [6.07, 6.45) is 12.1. The quantitative estimate of drug-likeness (QED) is 0.0914. The Morgan fingerprint density at radius 1 is 0.958 bits per heavy atom. The largest absolute Gasteiger partial charge is 0.460 e. The first-order chi connectivity index (χ1) is 22.4. The molecule has 2 N–H and O–H groups in total. The van der Waals surface area contributed by atoms with Crippen molar-refractivity contribution in [3.63, 3.8) is 0 Å². The average Bonchev–Trinajstić information content (AvgIpc) is 3.35. The molecule has 5 atom stereocenters.